The van der Waals surface area contributed by atoms with Crippen LogP contribution in [0.4, 0.5) is 4.39 Å². The van der Waals surface area contributed by atoms with Crippen molar-refractivity contribution in [2.45, 2.75) is 19.4 Å². The molecule has 0 fully saturated rings. The Balaban J connectivity index is 2.88. The fourth-order valence-electron chi connectivity index (χ4n) is 1.25. The summed E-state index contributed by atoms with van der Waals surface area (Å²) in [6, 6.07) is 3.98. The van der Waals surface area contributed by atoms with Crippen molar-refractivity contribution >= 4 is 21.8 Å². The van der Waals surface area contributed by atoms with E-state index in [1.165, 1.54) is 12.1 Å². The van der Waals surface area contributed by atoms with E-state index < -0.39 is 11.7 Å². The summed E-state index contributed by atoms with van der Waals surface area (Å²) in [5, 5.41) is 11.5. The number of hydrogen-bond acceptors (Lipinski definition) is 2. The van der Waals surface area contributed by atoms with E-state index in [9.17, 15) is 9.18 Å². The summed E-state index contributed by atoms with van der Waals surface area (Å²) in [6.45, 7) is 1.67. The molecule has 0 spiro atoms. The van der Waals surface area contributed by atoms with Crippen LogP contribution in [-0.4, -0.2) is 23.7 Å². The van der Waals surface area contributed by atoms with Gasteiger partial charge < -0.3 is 10.4 Å². The molecule has 5 heteroatoms. The van der Waals surface area contributed by atoms with Gasteiger partial charge in [0.2, 0.25) is 0 Å². The van der Waals surface area contributed by atoms with E-state index in [2.05, 4.69) is 21.2 Å². The Hall–Kier alpha value is -0.940. The largest absolute Gasteiger partial charge is 0.394 e. The van der Waals surface area contributed by atoms with Gasteiger partial charge in [-0.3, -0.25) is 4.79 Å². The molecule has 1 amide bonds. The molecule has 0 aromatic heterocycles. The molecule has 1 aromatic carbocycles. The average Bonchev–Trinajstić information content (AvgIpc) is 2.25. The third kappa shape index (κ3) is 3.02. The van der Waals surface area contributed by atoms with Crippen molar-refractivity contribution in [1.82, 2.24) is 5.32 Å². The van der Waals surface area contributed by atoms with E-state index >= 15 is 0 Å². The third-order valence-electron chi connectivity index (χ3n) is 2.24. The number of carbonyl (C=O) groups excluding carboxylic acids is 1. The van der Waals surface area contributed by atoms with Crippen LogP contribution in [0.25, 0.3) is 0 Å². The molecule has 0 radical (unpaired) electrons. The van der Waals surface area contributed by atoms with Gasteiger partial charge in [0.1, 0.15) is 5.82 Å². The highest BCUT2D eigenvalue weighted by atomic mass is 79.9. The summed E-state index contributed by atoms with van der Waals surface area (Å²) in [6.07, 6.45) is 0.592. The predicted molar refractivity (Wildman–Crippen MR) is 62.7 cm³/mol. The highest BCUT2D eigenvalue weighted by Crippen LogP contribution is 2.19. The van der Waals surface area contributed by atoms with Crippen LogP contribution in [0.1, 0.15) is 23.7 Å². The highest BCUT2D eigenvalue weighted by Gasteiger charge is 2.17. The summed E-state index contributed by atoms with van der Waals surface area (Å²) in [7, 11) is 0. The number of carbonyl (C=O) groups is 1. The molecule has 1 rings (SSSR count). The van der Waals surface area contributed by atoms with Gasteiger partial charge in [0.15, 0.2) is 0 Å². The fourth-order valence-corrected chi connectivity index (χ4v) is 1.77. The topological polar surface area (TPSA) is 49.3 Å². The van der Waals surface area contributed by atoms with Crippen LogP contribution in [0.3, 0.4) is 0 Å². The monoisotopic (exact) mass is 289 g/mol. The number of halogens is 2. The normalized spacial score (nSPS) is 12.2. The molecule has 0 aliphatic heterocycles. The minimum absolute atomic E-state index is 0.0330. The third-order valence-corrected chi connectivity index (χ3v) is 2.90. The number of aliphatic hydroxyl groups excluding tert-OH is 1. The van der Waals surface area contributed by atoms with E-state index in [4.69, 9.17) is 5.11 Å². The maximum atomic E-state index is 13.4. The number of amides is 1. The van der Waals surface area contributed by atoms with Gasteiger partial charge in [0, 0.05) is 4.47 Å². The van der Waals surface area contributed by atoms with Crippen molar-refractivity contribution in [1.29, 1.82) is 0 Å². The van der Waals surface area contributed by atoms with Crippen LogP contribution in [0.5, 0.6) is 0 Å². The molecule has 0 aliphatic carbocycles. The zero-order valence-electron chi connectivity index (χ0n) is 8.84. The lowest BCUT2D eigenvalue weighted by Gasteiger charge is -2.14. The van der Waals surface area contributed by atoms with Crippen molar-refractivity contribution in [2.24, 2.45) is 0 Å². The molecular weight excluding hydrogens is 277 g/mol. The molecule has 3 nitrogen and oxygen atoms in total. The van der Waals surface area contributed by atoms with Gasteiger partial charge in [-0.25, -0.2) is 4.39 Å². The molecule has 1 atom stereocenters. The molecule has 0 bridgehead atoms. The predicted octanol–water partition coefficient (Wildman–Crippen LogP) is 2.09. The lowest BCUT2D eigenvalue weighted by Crippen LogP contribution is -2.37. The first-order chi connectivity index (χ1) is 7.60. The molecule has 88 valence electrons. The van der Waals surface area contributed by atoms with E-state index in [1.807, 2.05) is 6.92 Å². The first-order valence-corrected chi connectivity index (χ1v) is 5.75. The van der Waals surface area contributed by atoms with Crippen molar-refractivity contribution < 1.29 is 14.3 Å². The van der Waals surface area contributed by atoms with E-state index in [1.54, 1.807) is 6.07 Å². The molecule has 1 aromatic rings. The summed E-state index contributed by atoms with van der Waals surface area (Å²) in [4.78, 5) is 11.7. The Morgan fingerprint density at radius 3 is 2.81 bits per heavy atom. The zero-order valence-corrected chi connectivity index (χ0v) is 10.4. The van der Waals surface area contributed by atoms with Gasteiger partial charge >= 0.3 is 0 Å². The molecule has 0 saturated heterocycles. The van der Waals surface area contributed by atoms with Crippen LogP contribution < -0.4 is 5.32 Å². The quantitative estimate of drug-likeness (QED) is 0.892. The molecule has 0 saturated carbocycles. The second-order valence-corrected chi connectivity index (χ2v) is 4.21. The van der Waals surface area contributed by atoms with E-state index in [0.717, 1.165) is 0 Å². The lowest BCUT2D eigenvalue weighted by molar-refractivity contribution is 0.0910. The molecule has 16 heavy (non-hydrogen) atoms. The summed E-state index contributed by atoms with van der Waals surface area (Å²) >= 11 is 3.12. The first-order valence-electron chi connectivity index (χ1n) is 4.95. The van der Waals surface area contributed by atoms with Crippen LogP contribution in [0, 0.1) is 5.82 Å². The van der Waals surface area contributed by atoms with Gasteiger partial charge in [-0.05, 0) is 34.5 Å². The second-order valence-electron chi connectivity index (χ2n) is 3.36. The fraction of sp³-hybridized carbons (Fsp3) is 0.364. The minimum Gasteiger partial charge on any atom is -0.394 e. The summed E-state index contributed by atoms with van der Waals surface area (Å²) in [5.41, 5.74) is -0.0330. The molecule has 0 heterocycles. The van der Waals surface area contributed by atoms with Gasteiger partial charge in [-0.15, -0.1) is 0 Å². The van der Waals surface area contributed by atoms with Crippen molar-refractivity contribution in [3.8, 4) is 0 Å². The van der Waals surface area contributed by atoms with E-state index in [0.29, 0.717) is 10.9 Å². The van der Waals surface area contributed by atoms with Crippen LogP contribution >= 0.6 is 15.9 Å². The van der Waals surface area contributed by atoms with Gasteiger partial charge in [0.05, 0.1) is 18.2 Å². The number of benzene rings is 1. The van der Waals surface area contributed by atoms with Crippen molar-refractivity contribution in [2.75, 3.05) is 6.61 Å². The zero-order chi connectivity index (χ0) is 12.1. The maximum absolute atomic E-state index is 13.4. The van der Waals surface area contributed by atoms with Crippen molar-refractivity contribution in [3.05, 3.63) is 34.1 Å². The Kier molecular flexibility index (Phi) is 4.89. The van der Waals surface area contributed by atoms with Crippen molar-refractivity contribution in [3.63, 3.8) is 0 Å². The molecule has 1 unspecified atom stereocenters. The Morgan fingerprint density at radius 1 is 1.62 bits per heavy atom. The first kappa shape index (κ1) is 13.1. The SMILES string of the molecule is CCC(CO)NC(=O)c1c(F)cccc1Br. The second kappa shape index (κ2) is 5.96. The average molecular weight is 290 g/mol. The van der Waals surface area contributed by atoms with Gasteiger partial charge in [-0.2, -0.15) is 0 Å². The number of rotatable bonds is 4. The highest BCUT2D eigenvalue weighted by molar-refractivity contribution is 9.10. The Labute approximate surface area is 102 Å². The number of aliphatic hydroxyl groups is 1. The Bertz CT molecular complexity index is 360. The van der Waals surface area contributed by atoms with Gasteiger partial charge in [0.25, 0.3) is 5.91 Å². The van der Waals surface area contributed by atoms with Crippen LogP contribution in [-0.2, 0) is 0 Å². The maximum Gasteiger partial charge on any atom is 0.255 e. The number of hydrogen-bond donors (Lipinski definition) is 2. The molecule has 0 aliphatic rings. The number of nitrogens with one attached hydrogen (secondary N) is 1. The van der Waals surface area contributed by atoms with Crippen LogP contribution in [0.2, 0.25) is 0 Å². The smallest absolute Gasteiger partial charge is 0.255 e. The summed E-state index contributed by atoms with van der Waals surface area (Å²) < 4.78 is 13.8. The Morgan fingerprint density at radius 2 is 2.31 bits per heavy atom. The lowest BCUT2D eigenvalue weighted by atomic mass is 10.1. The van der Waals surface area contributed by atoms with Gasteiger partial charge in [-0.1, -0.05) is 13.0 Å². The minimum atomic E-state index is -0.584. The summed E-state index contributed by atoms with van der Waals surface area (Å²) in [5.74, 6) is -1.11. The standard InChI is InChI=1S/C11H13BrFNO2/c1-2-7(6-15)14-11(16)10-8(12)4-3-5-9(10)13/h3-5,7,15H,2,6H2,1H3,(H,14,16). The molecule has 2 N–H and O–H groups in total. The molecular formula is C11H13BrFNO2. The van der Waals surface area contributed by atoms with Crippen LogP contribution in [0.15, 0.2) is 22.7 Å². The van der Waals surface area contributed by atoms with E-state index in [-0.39, 0.29) is 18.2 Å².